The van der Waals surface area contributed by atoms with Gasteiger partial charge in [-0.1, -0.05) is 6.42 Å². The Bertz CT molecular complexity index is 125. The Kier molecular flexibility index (Phi) is 17.2. The molecule has 0 spiro atoms. The molecule has 6 heteroatoms. The van der Waals surface area contributed by atoms with Crippen molar-refractivity contribution in [3.63, 3.8) is 0 Å². The highest BCUT2D eigenvalue weighted by Crippen LogP contribution is 1.99. The first-order valence-corrected chi connectivity index (χ1v) is 3.82. The number of halogens is 2. The first-order chi connectivity index (χ1) is 5.22. The summed E-state index contributed by atoms with van der Waals surface area (Å²) in [6.07, 6.45) is 2.42. The quantitative estimate of drug-likeness (QED) is 0.588. The zero-order valence-electron chi connectivity index (χ0n) is 7.66. The fraction of sp³-hybridized carbons (Fsp3) is 0.857. The first kappa shape index (κ1) is 18.7. The van der Waals surface area contributed by atoms with Crippen molar-refractivity contribution in [2.45, 2.75) is 25.3 Å². The summed E-state index contributed by atoms with van der Waals surface area (Å²) in [7, 11) is 1.65. The second kappa shape index (κ2) is 12.0. The van der Waals surface area contributed by atoms with Crippen LogP contribution in [0.25, 0.3) is 0 Å². The van der Waals surface area contributed by atoms with Gasteiger partial charge in [0.05, 0.1) is 0 Å². The lowest BCUT2D eigenvalue weighted by Gasteiger charge is -2.09. The smallest absolute Gasteiger partial charge is 0.320 e. The lowest BCUT2D eigenvalue weighted by molar-refractivity contribution is -0.139. The van der Waals surface area contributed by atoms with E-state index in [4.69, 9.17) is 10.8 Å². The van der Waals surface area contributed by atoms with Crippen molar-refractivity contribution < 1.29 is 9.90 Å². The minimum Gasteiger partial charge on any atom is -0.480 e. The Labute approximate surface area is 91.1 Å². The molecule has 0 radical (unpaired) electrons. The van der Waals surface area contributed by atoms with Gasteiger partial charge in [0.2, 0.25) is 0 Å². The minimum absolute atomic E-state index is 0. The van der Waals surface area contributed by atoms with E-state index in [1.165, 1.54) is 0 Å². The van der Waals surface area contributed by atoms with Crippen LogP contribution in [0, 0.1) is 0 Å². The molecular formula is C7H18Cl2N2O2. The van der Waals surface area contributed by atoms with Gasteiger partial charge in [0.25, 0.3) is 0 Å². The molecule has 0 rings (SSSR count). The Morgan fingerprint density at radius 1 is 1.46 bits per heavy atom. The summed E-state index contributed by atoms with van der Waals surface area (Å²) in [5.41, 5.74) is 5.26. The van der Waals surface area contributed by atoms with Gasteiger partial charge in [-0.2, -0.15) is 0 Å². The molecule has 13 heavy (non-hydrogen) atoms. The molecule has 4 nitrogen and oxygen atoms in total. The summed E-state index contributed by atoms with van der Waals surface area (Å²) in [6.45, 7) is 0.635. The highest BCUT2D eigenvalue weighted by Gasteiger charge is 2.12. The van der Waals surface area contributed by atoms with Gasteiger partial charge in [0.15, 0.2) is 0 Å². The van der Waals surface area contributed by atoms with Crippen molar-refractivity contribution in [2.24, 2.45) is 5.73 Å². The second-order valence-corrected chi connectivity index (χ2v) is 2.46. The van der Waals surface area contributed by atoms with Crippen LogP contribution in [-0.2, 0) is 4.79 Å². The molecule has 0 amide bonds. The van der Waals surface area contributed by atoms with E-state index in [0.29, 0.717) is 13.0 Å². The molecule has 1 atom stereocenters. The van der Waals surface area contributed by atoms with Gasteiger partial charge in [-0.05, 0) is 26.4 Å². The first-order valence-electron chi connectivity index (χ1n) is 3.82. The van der Waals surface area contributed by atoms with Crippen LogP contribution in [0.2, 0.25) is 0 Å². The van der Waals surface area contributed by atoms with Gasteiger partial charge in [0.1, 0.15) is 6.04 Å². The van der Waals surface area contributed by atoms with Crippen LogP contribution in [0.3, 0.4) is 0 Å². The van der Waals surface area contributed by atoms with E-state index >= 15 is 0 Å². The van der Waals surface area contributed by atoms with E-state index in [2.05, 4.69) is 5.32 Å². The Balaban J connectivity index is -0.000000500. The van der Waals surface area contributed by atoms with Crippen LogP contribution in [0.5, 0.6) is 0 Å². The SMILES string of the molecule is CNC(CCCCN)C(=O)O.Cl.Cl. The van der Waals surface area contributed by atoms with Crippen LogP contribution in [0.1, 0.15) is 19.3 Å². The summed E-state index contributed by atoms with van der Waals surface area (Å²) in [5, 5.41) is 11.3. The molecule has 0 heterocycles. The summed E-state index contributed by atoms with van der Waals surface area (Å²) >= 11 is 0. The van der Waals surface area contributed by atoms with Crippen LogP contribution in [0.15, 0.2) is 0 Å². The summed E-state index contributed by atoms with van der Waals surface area (Å²) < 4.78 is 0. The predicted molar refractivity (Wildman–Crippen MR) is 57.9 cm³/mol. The molecule has 0 saturated carbocycles. The Hall–Kier alpha value is -0.0300. The van der Waals surface area contributed by atoms with Crippen molar-refractivity contribution in [1.82, 2.24) is 5.32 Å². The van der Waals surface area contributed by atoms with E-state index in [0.717, 1.165) is 12.8 Å². The van der Waals surface area contributed by atoms with Crippen molar-refractivity contribution in [2.75, 3.05) is 13.6 Å². The fourth-order valence-electron chi connectivity index (χ4n) is 0.884. The van der Waals surface area contributed by atoms with Gasteiger partial charge in [0, 0.05) is 0 Å². The third-order valence-corrected chi connectivity index (χ3v) is 1.59. The Morgan fingerprint density at radius 2 is 2.00 bits per heavy atom. The highest BCUT2D eigenvalue weighted by molar-refractivity contribution is 5.85. The number of nitrogens with two attached hydrogens (primary N) is 1. The number of carboxylic acids is 1. The lowest BCUT2D eigenvalue weighted by atomic mass is 10.1. The average molecular weight is 233 g/mol. The summed E-state index contributed by atoms with van der Waals surface area (Å²) in [6, 6.07) is -0.415. The molecule has 0 aromatic rings. The van der Waals surface area contributed by atoms with Crippen LogP contribution < -0.4 is 11.1 Å². The van der Waals surface area contributed by atoms with E-state index in [-0.39, 0.29) is 24.8 Å². The number of likely N-dealkylation sites (N-methyl/N-ethyl adjacent to an activating group) is 1. The molecule has 0 aliphatic heterocycles. The monoisotopic (exact) mass is 232 g/mol. The predicted octanol–water partition coefficient (Wildman–Crippen LogP) is 0.632. The van der Waals surface area contributed by atoms with Gasteiger partial charge in [-0.3, -0.25) is 4.79 Å². The standard InChI is InChI=1S/C7H16N2O2.2ClH/c1-9-6(7(10)11)4-2-3-5-8;;/h6,9H,2-5,8H2,1H3,(H,10,11);2*1H. The normalized spacial score (nSPS) is 10.9. The maximum atomic E-state index is 10.4. The van der Waals surface area contributed by atoms with Crippen LogP contribution in [-0.4, -0.2) is 30.7 Å². The van der Waals surface area contributed by atoms with E-state index in [1.807, 2.05) is 0 Å². The second-order valence-electron chi connectivity index (χ2n) is 2.46. The number of unbranched alkanes of at least 4 members (excludes halogenated alkanes) is 1. The third kappa shape index (κ3) is 9.89. The largest absolute Gasteiger partial charge is 0.480 e. The summed E-state index contributed by atoms with van der Waals surface area (Å²) in [5.74, 6) is -0.787. The number of carboxylic acid groups (broad SMARTS) is 1. The van der Waals surface area contributed by atoms with Crippen molar-refractivity contribution in [3.8, 4) is 0 Å². The Morgan fingerprint density at radius 3 is 2.31 bits per heavy atom. The summed E-state index contributed by atoms with van der Waals surface area (Å²) in [4.78, 5) is 10.4. The molecule has 0 aromatic heterocycles. The number of hydrogen-bond donors (Lipinski definition) is 3. The zero-order valence-corrected chi connectivity index (χ0v) is 9.29. The molecule has 0 aliphatic rings. The fourth-order valence-corrected chi connectivity index (χ4v) is 0.884. The molecular weight excluding hydrogens is 215 g/mol. The molecule has 0 aliphatic carbocycles. The molecule has 0 fully saturated rings. The van der Waals surface area contributed by atoms with Gasteiger partial charge in [-0.15, -0.1) is 24.8 Å². The average Bonchev–Trinajstić information content (AvgIpc) is 1.97. The van der Waals surface area contributed by atoms with E-state index in [1.54, 1.807) is 7.05 Å². The van der Waals surface area contributed by atoms with E-state index < -0.39 is 12.0 Å². The molecule has 0 bridgehead atoms. The van der Waals surface area contributed by atoms with Crippen molar-refractivity contribution in [1.29, 1.82) is 0 Å². The van der Waals surface area contributed by atoms with E-state index in [9.17, 15) is 4.79 Å². The molecule has 0 aromatic carbocycles. The number of carbonyl (C=O) groups is 1. The minimum atomic E-state index is -0.787. The van der Waals surface area contributed by atoms with Crippen LogP contribution in [0.4, 0.5) is 0 Å². The number of hydrogen-bond acceptors (Lipinski definition) is 3. The number of rotatable bonds is 6. The van der Waals surface area contributed by atoms with Gasteiger partial charge in [-0.25, -0.2) is 0 Å². The lowest BCUT2D eigenvalue weighted by Crippen LogP contribution is -2.33. The number of aliphatic carboxylic acids is 1. The van der Waals surface area contributed by atoms with Crippen molar-refractivity contribution in [3.05, 3.63) is 0 Å². The molecule has 0 saturated heterocycles. The van der Waals surface area contributed by atoms with Crippen molar-refractivity contribution >= 4 is 30.8 Å². The molecule has 4 N–H and O–H groups in total. The maximum Gasteiger partial charge on any atom is 0.320 e. The van der Waals surface area contributed by atoms with Gasteiger partial charge < -0.3 is 16.2 Å². The van der Waals surface area contributed by atoms with Crippen LogP contribution >= 0.6 is 24.8 Å². The maximum absolute atomic E-state index is 10.4. The molecule has 1 unspecified atom stereocenters. The third-order valence-electron chi connectivity index (χ3n) is 1.59. The molecule has 82 valence electrons. The zero-order chi connectivity index (χ0) is 8.69. The number of nitrogens with one attached hydrogen (secondary N) is 1. The van der Waals surface area contributed by atoms with Gasteiger partial charge >= 0.3 is 5.97 Å². The highest BCUT2D eigenvalue weighted by atomic mass is 35.5. The topological polar surface area (TPSA) is 75.3 Å².